The lowest BCUT2D eigenvalue weighted by Gasteiger charge is -2.35. The third-order valence-electron chi connectivity index (χ3n) is 4.86. The smallest absolute Gasteiger partial charge is 0.273 e. The van der Waals surface area contributed by atoms with E-state index in [4.69, 9.17) is 16.0 Å². The summed E-state index contributed by atoms with van der Waals surface area (Å²) in [5.41, 5.74) is 2.26. The molecule has 1 aromatic carbocycles. The van der Waals surface area contributed by atoms with Crippen molar-refractivity contribution in [1.82, 2.24) is 20.2 Å². The van der Waals surface area contributed by atoms with Crippen LogP contribution in [0, 0.1) is 0 Å². The van der Waals surface area contributed by atoms with Gasteiger partial charge in [0.2, 0.25) is 5.89 Å². The van der Waals surface area contributed by atoms with Crippen molar-refractivity contribution in [2.45, 2.75) is 13.1 Å². The Morgan fingerprint density at radius 1 is 1.10 bits per heavy atom. The number of hydrogen-bond donors (Lipinski definition) is 1. The molecule has 0 spiro atoms. The summed E-state index contributed by atoms with van der Waals surface area (Å²) in [5.74, 6) is 0.283. The van der Waals surface area contributed by atoms with Crippen molar-refractivity contribution in [3.63, 3.8) is 0 Å². The van der Waals surface area contributed by atoms with Gasteiger partial charge in [-0.1, -0.05) is 17.7 Å². The molecular formula is C21H22ClN5O2. The first kappa shape index (κ1) is 19.4. The van der Waals surface area contributed by atoms with Crippen LogP contribution in [0.4, 0.5) is 5.69 Å². The Labute approximate surface area is 174 Å². The van der Waals surface area contributed by atoms with E-state index in [1.807, 2.05) is 42.5 Å². The molecule has 29 heavy (non-hydrogen) atoms. The highest BCUT2D eigenvalue weighted by molar-refractivity contribution is 6.30. The number of piperazine rings is 1. The molecule has 2 aromatic heterocycles. The summed E-state index contributed by atoms with van der Waals surface area (Å²) in [4.78, 5) is 25.4. The fourth-order valence-corrected chi connectivity index (χ4v) is 3.39. The number of carbonyl (C=O) groups excluding carboxylic acids is 1. The average Bonchev–Trinajstić information content (AvgIpc) is 3.23. The fourth-order valence-electron chi connectivity index (χ4n) is 3.26. The van der Waals surface area contributed by atoms with Crippen LogP contribution in [-0.2, 0) is 13.1 Å². The molecule has 0 atom stereocenters. The molecule has 0 bridgehead atoms. The zero-order valence-corrected chi connectivity index (χ0v) is 16.7. The largest absolute Gasteiger partial charge is 0.447 e. The molecule has 1 N–H and O–H groups in total. The average molecular weight is 412 g/mol. The van der Waals surface area contributed by atoms with Crippen molar-refractivity contribution < 1.29 is 9.21 Å². The summed E-state index contributed by atoms with van der Waals surface area (Å²) in [5, 5.41) is 3.55. The van der Waals surface area contributed by atoms with Gasteiger partial charge in [0, 0.05) is 43.1 Å². The van der Waals surface area contributed by atoms with E-state index >= 15 is 0 Å². The molecule has 0 aliphatic carbocycles. The Kier molecular flexibility index (Phi) is 6.07. The van der Waals surface area contributed by atoms with Crippen LogP contribution in [0.25, 0.3) is 0 Å². The monoisotopic (exact) mass is 411 g/mol. The summed E-state index contributed by atoms with van der Waals surface area (Å²) in [7, 11) is 0. The number of benzene rings is 1. The van der Waals surface area contributed by atoms with Gasteiger partial charge >= 0.3 is 0 Å². The first-order valence-electron chi connectivity index (χ1n) is 9.53. The predicted octanol–water partition coefficient (Wildman–Crippen LogP) is 2.98. The topological polar surface area (TPSA) is 74.5 Å². The molecule has 8 heteroatoms. The van der Waals surface area contributed by atoms with E-state index in [-0.39, 0.29) is 11.6 Å². The van der Waals surface area contributed by atoms with Crippen molar-refractivity contribution in [2.75, 3.05) is 31.1 Å². The lowest BCUT2D eigenvalue weighted by atomic mass is 10.2. The number of rotatable bonds is 6. The third kappa shape index (κ3) is 5.13. The third-order valence-corrected chi connectivity index (χ3v) is 5.12. The number of carbonyl (C=O) groups is 1. The molecule has 0 saturated carbocycles. The van der Waals surface area contributed by atoms with Crippen LogP contribution in [0.15, 0.2) is 59.3 Å². The van der Waals surface area contributed by atoms with E-state index in [0.717, 1.165) is 36.9 Å². The number of aromatic nitrogens is 2. The number of oxazole rings is 1. The van der Waals surface area contributed by atoms with Gasteiger partial charge in [-0.15, -0.1) is 0 Å². The van der Waals surface area contributed by atoms with Gasteiger partial charge in [0.1, 0.15) is 6.26 Å². The summed E-state index contributed by atoms with van der Waals surface area (Å²) in [6.07, 6.45) is 3.11. The molecule has 1 saturated heterocycles. The Hall–Kier alpha value is -2.90. The van der Waals surface area contributed by atoms with Crippen molar-refractivity contribution in [1.29, 1.82) is 0 Å². The van der Waals surface area contributed by atoms with Crippen molar-refractivity contribution >= 4 is 23.2 Å². The minimum absolute atomic E-state index is 0.266. The number of anilines is 1. The maximum absolute atomic E-state index is 12.3. The molecule has 4 rings (SSSR count). The summed E-state index contributed by atoms with van der Waals surface area (Å²) < 4.78 is 5.51. The Morgan fingerprint density at radius 2 is 1.90 bits per heavy atom. The number of nitrogens with zero attached hydrogens (tertiary/aromatic N) is 4. The zero-order valence-electron chi connectivity index (χ0n) is 15.9. The van der Waals surface area contributed by atoms with E-state index in [9.17, 15) is 4.79 Å². The first-order valence-corrected chi connectivity index (χ1v) is 9.90. The molecule has 1 fully saturated rings. The van der Waals surface area contributed by atoms with Crippen molar-refractivity contribution in [2.24, 2.45) is 0 Å². The predicted molar refractivity (Wildman–Crippen MR) is 111 cm³/mol. The normalized spacial score (nSPS) is 14.7. The molecule has 1 amide bonds. The SMILES string of the molecule is O=C(NCc1ccccn1)c1coc(CN2CCN(c3ccc(Cl)cc3)CC2)n1. The summed E-state index contributed by atoms with van der Waals surface area (Å²) in [6, 6.07) is 13.5. The minimum Gasteiger partial charge on any atom is -0.447 e. The second-order valence-corrected chi connectivity index (χ2v) is 7.31. The van der Waals surface area contributed by atoms with Gasteiger partial charge in [-0.2, -0.15) is 0 Å². The van der Waals surface area contributed by atoms with E-state index < -0.39 is 0 Å². The van der Waals surface area contributed by atoms with Crippen molar-refractivity contribution in [3.8, 4) is 0 Å². The van der Waals surface area contributed by atoms with Crippen LogP contribution < -0.4 is 10.2 Å². The van der Waals surface area contributed by atoms with E-state index in [0.29, 0.717) is 19.0 Å². The van der Waals surface area contributed by atoms with Gasteiger partial charge in [-0.25, -0.2) is 4.98 Å². The van der Waals surface area contributed by atoms with Crippen LogP contribution >= 0.6 is 11.6 Å². The van der Waals surface area contributed by atoms with Crippen LogP contribution in [0.2, 0.25) is 5.02 Å². The van der Waals surface area contributed by atoms with Gasteiger partial charge in [-0.3, -0.25) is 14.7 Å². The van der Waals surface area contributed by atoms with Gasteiger partial charge in [0.25, 0.3) is 5.91 Å². The second-order valence-electron chi connectivity index (χ2n) is 6.87. The molecule has 0 radical (unpaired) electrons. The molecule has 1 aliphatic rings. The van der Waals surface area contributed by atoms with Crippen LogP contribution in [0.3, 0.4) is 0 Å². The number of nitrogens with one attached hydrogen (secondary N) is 1. The molecule has 1 aliphatic heterocycles. The summed E-state index contributed by atoms with van der Waals surface area (Å²) >= 11 is 5.96. The summed E-state index contributed by atoms with van der Waals surface area (Å²) in [6.45, 7) is 4.56. The lowest BCUT2D eigenvalue weighted by molar-refractivity contribution is 0.0945. The van der Waals surface area contributed by atoms with Crippen molar-refractivity contribution in [3.05, 3.63) is 77.2 Å². The Balaban J connectivity index is 1.26. The van der Waals surface area contributed by atoms with Crippen LogP contribution in [0.5, 0.6) is 0 Å². The molecule has 3 heterocycles. The van der Waals surface area contributed by atoms with Crippen LogP contribution in [0.1, 0.15) is 22.1 Å². The van der Waals surface area contributed by atoms with E-state index in [2.05, 4.69) is 25.1 Å². The second kappa shape index (κ2) is 9.07. The maximum atomic E-state index is 12.3. The van der Waals surface area contributed by atoms with Crippen LogP contribution in [-0.4, -0.2) is 47.0 Å². The standard InChI is InChI=1S/C21H22ClN5O2/c22-16-4-6-18(7-5-16)27-11-9-26(10-12-27)14-20-25-19(15-29-20)21(28)24-13-17-3-1-2-8-23-17/h1-8,15H,9-14H2,(H,24,28). The quantitative estimate of drug-likeness (QED) is 0.672. The maximum Gasteiger partial charge on any atom is 0.273 e. The lowest BCUT2D eigenvalue weighted by Crippen LogP contribution is -2.46. The molecule has 3 aromatic rings. The Bertz CT molecular complexity index is 937. The first-order chi connectivity index (χ1) is 14.2. The minimum atomic E-state index is -0.266. The number of halogens is 1. The molecule has 0 unspecified atom stereocenters. The Morgan fingerprint density at radius 3 is 2.62 bits per heavy atom. The fraction of sp³-hybridized carbons (Fsp3) is 0.286. The molecule has 7 nitrogen and oxygen atoms in total. The molecule has 150 valence electrons. The van der Waals surface area contributed by atoms with Gasteiger partial charge < -0.3 is 14.6 Å². The number of hydrogen-bond acceptors (Lipinski definition) is 6. The molecular weight excluding hydrogens is 390 g/mol. The highest BCUT2D eigenvalue weighted by Crippen LogP contribution is 2.20. The number of amides is 1. The zero-order chi connectivity index (χ0) is 20.1. The number of pyridine rings is 1. The highest BCUT2D eigenvalue weighted by Gasteiger charge is 2.20. The van der Waals surface area contributed by atoms with E-state index in [1.165, 1.54) is 12.0 Å². The van der Waals surface area contributed by atoms with E-state index in [1.54, 1.807) is 6.20 Å². The highest BCUT2D eigenvalue weighted by atomic mass is 35.5. The van der Waals surface area contributed by atoms with Gasteiger partial charge in [0.15, 0.2) is 5.69 Å². The van der Waals surface area contributed by atoms with Gasteiger partial charge in [0.05, 0.1) is 18.8 Å². The van der Waals surface area contributed by atoms with Gasteiger partial charge in [-0.05, 0) is 36.4 Å².